The summed E-state index contributed by atoms with van der Waals surface area (Å²) in [7, 11) is 0. The number of carbonyl (C=O) groups is 2. The lowest BCUT2D eigenvalue weighted by atomic mass is 10.0. The van der Waals surface area contributed by atoms with Crippen LogP contribution in [-0.2, 0) is 4.74 Å². The predicted molar refractivity (Wildman–Crippen MR) is 112 cm³/mol. The van der Waals surface area contributed by atoms with Crippen molar-refractivity contribution >= 4 is 45.5 Å². The molecule has 1 N–H and O–H groups in total. The molecule has 1 amide bonds. The molecule has 29 heavy (non-hydrogen) atoms. The van der Waals surface area contributed by atoms with Crippen molar-refractivity contribution in [2.75, 3.05) is 11.9 Å². The molecule has 148 valence electrons. The second-order valence-corrected chi connectivity index (χ2v) is 7.10. The van der Waals surface area contributed by atoms with E-state index in [4.69, 9.17) is 16.3 Å². The summed E-state index contributed by atoms with van der Waals surface area (Å²) in [5, 5.41) is 15.5. The van der Waals surface area contributed by atoms with Gasteiger partial charge in [-0.1, -0.05) is 41.9 Å². The van der Waals surface area contributed by atoms with Crippen LogP contribution in [0.15, 0.2) is 53.9 Å². The van der Waals surface area contributed by atoms with Gasteiger partial charge in [0.25, 0.3) is 11.6 Å². The number of nitro benzene ring substituents is 1. The van der Waals surface area contributed by atoms with Gasteiger partial charge in [-0.2, -0.15) is 0 Å². The lowest BCUT2D eigenvalue weighted by molar-refractivity contribution is -0.384. The Morgan fingerprint density at radius 3 is 2.55 bits per heavy atom. The lowest BCUT2D eigenvalue weighted by Gasteiger charge is -2.09. The minimum Gasteiger partial charge on any atom is -0.462 e. The maximum absolute atomic E-state index is 12.6. The monoisotopic (exact) mass is 430 g/mol. The van der Waals surface area contributed by atoms with Crippen molar-refractivity contribution in [3.05, 3.63) is 80.2 Å². The SMILES string of the molecule is CCOC(=O)c1c(-c2ccccc2)csc1NC(=O)c1ccc([N+](=O)[O-])c(Cl)c1. The topological polar surface area (TPSA) is 98.5 Å². The van der Waals surface area contributed by atoms with Crippen LogP contribution in [0.2, 0.25) is 5.02 Å². The number of rotatable bonds is 6. The summed E-state index contributed by atoms with van der Waals surface area (Å²) >= 11 is 7.07. The lowest BCUT2D eigenvalue weighted by Crippen LogP contribution is -2.15. The van der Waals surface area contributed by atoms with E-state index in [-0.39, 0.29) is 28.4 Å². The van der Waals surface area contributed by atoms with Gasteiger partial charge < -0.3 is 10.1 Å². The van der Waals surface area contributed by atoms with Gasteiger partial charge in [-0.15, -0.1) is 11.3 Å². The number of halogens is 1. The molecule has 0 atom stereocenters. The Hall–Kier alpha value is -3.23. The van der Waals surface area contributed by atoms with E-state index in [1.807, 2.05) is 30.3 Å². The highest BCUT2D eigenvalue weighted by molar-refractivity contribution is 7.15. The summed E-state index contributed by atoms with van der Waals surface area (Å²) in [6.07, 6.45) is 0. The number of amides is 1. The number of benzene rings is 2. The molecular formula is C20H15ClN2O5S. The molecule has 9 heteroatoms. The number of nitrogens with zero attached hydrogens (tertiary/aromatic N) is 1. The molecule has 1 aromatic heterocycles. The number of nitro groups is 1. The van der Waals surface area contributed by atoms with Crippen LogP contribution in [0.1, 0.15) is 27.6 Å². The van der Waals surface area contributed by atoms with Crippen molar-refractivity contribution in [2.45, 2.75) is 6.92 Å². The summed E-state index contributed by atoms with van der Waals surface area (Å²) < 4.78 is 5.16. The first-order valence-corrected chi connectivity index (χ1v) is 9.77. The molecule has 0 bridgehead atoms. The first-order chi connectivity index (χ1) is 13.9. The van der Waals surface area contributed by atoms with Crippen LogP contribution in [-0.4, -0.2) is 23.4 Å². The van der Waals surface area contributed by atoms with Crippen molar-refractivity contribution in [1.29, 1.82) is 0 Å². The van der Waals surface area contributed by atoms with Gasteiger partial charge in [0.1, 0.15) is 15.6 Å². The second kappa shape index (κ2) is 8.85. The molecule has 0 fully saturated rings. The Labute approximate surface area is 175 Å². The Kier molecular flexibility index (Phi) is 6.26. The standard InChI is InChI=1S/C20H15ClN2O5S/c1-2-28-20(25)17-14(12-6-4-3-5-7-12)11-29-19(17)22-18(24)13-8-9-16(23(26)27)15(21)10-13/h3-11H,2H2,1H3,(H,22,24). The van der Waals surface area contributed by atoms with Crippen molar-refractivity contribution in [2.24, 2.45) is 0 Å². The second-order valence-electron chi connectivity index (χ2n) is 5.82. The van der Waals surface area contributed by atoms with Gasteiger partial charge in [-0.25, -0.2) is 4.79 Å². The molecule has 2 aromatic carbocycles. The van der Waals surface area contributed by atoms with Crippen molar-refractivity contribution in [3.8, 4) is 11.1 Å². The van der Waals surface area contributed by atoms with Gasteiger partial charge in [0.2, 0.25) is 0 Å². The molecule has 1 heterocycles. The normalized spacial score (nSPS) is 10.4. The zero-order valence-electron chi connectivity index (χ0n) is 15.2. The summed E-state index contributed by atoms with van der Waals surface area (Å²) in [6.45, 7) is 1.89. The van der Waals surface area contributed by atoms with Gasteiger partial charge in [0.15, 0.2) is 0 Å². The Morgan fingerprint density at radius 2 is 1.93 bits per heavy atom. The fourth-order valence-corrected chi connectivity index (χ4v) is 3.86. The fraction of sp³-hybridized carbons (Fsp3) is 0.100. The van der Waals surface area contributed by atoms with Crippen LogP contribution in [0.25, 0.3) is 11.1 Å². The smallest absolute Gasteiger partial charge is 0.341 e. The molecule has 0 unspecified atom stereocenters. The van der Waals surface area contributed by atoms with Gasteiger partial charge in [-0.3, -0.25) is 14.9 Å². The third-order valence-corrected chi connectivity index (χ3v) is 5.19. The van der Waals surface area contributed by atoms with E-state index in [0.29, 0.717) is 10.6 Å². The van der Waals surface area contributed by atoms with Crippen molar-refractivity contribution in [3.63, 3.8) is 0 Å². The molecule has 0 radical (unpaired) electrons. The maximum atomic E-state index is 12.6. The number of ether oxygens (including phenoxy) is 1. The molecule has 0 aliphatic rings. The van der Waals surface area contributed by atoms with Crippen LogP contribution in [0.3, 0.4) is 0 Å². The number of carbonyl (C=O) groups excluding carboxylic acids is 2. The first-order valence-electron chi connectivity index (χ1n) is 8.51. The van der Waals surface area contributed by atoms with Gasteiger partial charge in [0.05, 0.1) is 11.5 Å². The van der Waals surface area contributed by atoms with Crippen LogP contribution < -0.4 is 5.32 Å². The zero-order valence-corrected chi connectivity index (χ0v) is 16.8. The highest BCUT2D eigenvalue weighted by atomic mass is 35.5. The van der Waals surface area contributed by atoms with Crippen molar-refractivity contribution in [1.82, 2.24) is 0 Å². The maximum Gasteiger partial charge on any atom is 0.341 e. The van der Waals surface area contributed by atoms with E-state index >= 15 is 0 Å². The highest BCUT2D eigenvalue weighted by Gasteiger charge is 2.23. The number of esters is 1. The number of hydrogen-bond acceptors (Lipinski definition) is 6. The fourth-order valence-electron chi connectivity index (χ4n) is 2.66. The highest BCUT2D eigenvalue weighted by Crippen LogP contribution is 2.36. The van der Waals surface area contributed by atoms with E-state index in [9.17, 15) is 19.7 Å². The Morgan fingerprint density at radius 1 is 1.21 bits per heavy atom. The van der Waals surface area contributed by atoms with E-state index < -0.39 is 16.8 Å². The number of hydrogen-bond donors (Lipinski definition) is 1. The molecule has 0 saturated carbocycles. The largest absolute Gasteiger partial charge is 0.462 e. The Balaban J connectivity index is 1.95. The zero-order chi connectivity index (χ0) is 21.0. The Bertz CT molecular complexity index is 1080. The van der Waals surface area contributed by atoms with Crippen LogP contribution in [0.5, 0.6) is 0 Å². The number of anilines is 1. The van der Waals surface area contributed by atoms with Crippen LogP contribution >= 0.6 is 22.9 Å². The quantitative estimate of drug-likeness (QED) is 0.320. The third-order valence-electron chi connectivity index (χ3n) is 3.99. The van der Waals surface area contributed by atoms with Crippen molar-refractivity contribution < 1.29 is 19.2 Å². The summed E-state index contributed by atoms with van der Waals surface area (Å²) in [5.74, 6) is -1.10. The third kappa shape index (κ3) is 4.44. The summed E-state index contributed by atoms with van der Waals surface area (Å²) in [5.41, 5.74) is 1.55. The minimum absolute atomic E-state index is 0.130. The molecule has 0 aliphatic heterocycles. The van der Waals surface area contributed by atoms with E-state index in [1.165, 1.54) is 23.5 Å². The van der Waals surface area contributed by atoms with Crippen LogP contribution in [0.4, 0.5) is 10.7 Å². The molecule has 3 rings (SSSR count). The summed E-state index contributed by atoms with van der Waals surface area (Å²) in [4.78, 5) is 35.4. The number of thiophene rings is 1. The van der Waals surface area contributed by atoms with Gasteiger partial charge >= 0.3 is 5.97 Å². The average Bonchev–Trinajstić information content (AvgIpc) is 3.12. The minimum atomic E-state index is -0.631. The first kappa shape index (κ1) is 20.5. The molecule has 0 saturated heterocycles. The van der Waals surface area contributed by atoms with Gasteiger partial charge in [0, 0.05) is 22.6 Å². The number of nitrogens with one attached hydrogen (secondary N) is 1. The molecule has 3 aromatic rings. The van der Waals surface area contributed by atoms with E-state index in [2.05, 4.69) is 5.32 Å². The molecule has 7 nitrogen and oxygen atoms in total. The van der Waals surface area contributed by atoms with E-state index in [1.54, 1.807) is 12.3 Å². The molecule has 0 spiro atoms. The molecule has 0 aliphatic carbocycles. The molecular weight excluding hydrogens is 416 g/mol. The average molecular weight is 431 g/mol. The summed E-state index contributed by atoms with van der Waals surface area (Å²) in [6, 6.07) is 12.9. The predicted octanol–water partition coefficient (Wildman–Crippen LogP) is 5.41. The van der Waals surface area contributed by atoms with Crippen LogP contribution in [0, 0.1) is 10.1 Å². The van der Waals surface area contributed by atoms with Gasteiger partial charge in [-0.05, 0) is 24.6 Å². The van der Waals surface area contributed by atoms with E-state index in [0.717, 1.165) is 11.6 Å².